The maximum absolute atomic E-state index is 15.3. The highest BCUT2D eigenvalue weighted by molar-refractivity contribution is 8.15. The molecule has 3 N–H and O–H groups in total. The fraction of sp³-hybridized carbons (Fsp3) is 0.417. The lowest BCUT2D eigenvalue weighted by molar-refractivity contribution is -0.131. The first-order valence-corrected chi connectivity index (χ1v) is 12.5. The molecule has 0 bridgehead atoms. The van der Waals surface area contributed by atoms with E-state index in [1.165, 1.54) is 36.2 Å². The van der Waals surface area contributed by atoms with Gasteiger partial charge in [0.25, 0.3) is 5.91 Å². The van der Waals surface area contributed by atoms with Crippen molar-refractivity contribution in [3.63, 3.8) is 0 Å². The number of hydrogen-bond acceptors (Lipinski definition) is 6. The summed E-state index contributed by atoms with van der Waals surface area (Å²) in [5.41, 5.74) is 4.93. The summed E-state index contributed by atoms with van der Waals surface area (Å²) in [6.45, 7) is 4.95. The molecule has 11 heteroatoms. The Morgan fingerprint density at radius 3 is 2.63 bits per heavy atom. The number of hydrogen-bond donors (Lipinski definition) is 2. The molecule has 4 atom stereocenters. The molecule has 1 aliphatic carbocycles. The Balaban J connectivity index is 1.51. The van der Waals surface area contributed by atoms with E-state index >= 15 is 4.39 Å². The van der Waals surface area contributed by atoms with Gasteiger partial charge in [-0.15, -0.1) is 0 Å². The van der Waals surface area contributed by atoms with Gasteiger partial charge in [0.1, 0.15) is 10.4 Å². The number of halogens is 3. The van der Waals surface area contributed by atoms with Crippen LogP contribution in [0.15, 0.2) is 35.5 Å². The molecule has 2 aromatic rings. The summed E-state index contributed by atoms with van der Waals surface area (Å²) in [5.74, 6) is -3.40. The molecule has 1 saturated heterocycles. The highest BCUT2D eigenvalue weighted by atomic mass is 35.5. The first kappa shape index (κ1) is 24.0. The normalized spacial score (nSPS) is 29.4. The Kier molecular flexibility index (Phi) is 5.79. The van der Waals surface area contributed by atoms with Crippen LogP contribution in [0.3, 0.4) is 0 Å². The van der Waals surface area contributed by atoms with Crippen LogP contribution in [0, 0.1) is 23.5 Å². The number of carbonyl (C=O) groups is 2. The molecule has 1 aromatic heterocycles. The molecule has 7 nitrogen and oxygen atoms in total. The molecular formula is C24H24ClF2N5O2S. The molecule has 2 aliphatic heterocycles. The molecule has 5 rings (SSSR count). The van der Waals surface area contributed by atoms with E-state index in [1.807, 2.05) is 11.8 Å². The number of aliphatic imine (C=N–C) groups is 1. The Morgan fingerprint density at radius 2 is 1.97 bits per heavy atom. The average molecular weight is 520 g/mol. The number of aromatic nitrogens is 1. The van der Waals surface area contributed by atoms with Crippen molar-refractivity contribution in [2.75, 3.05) is 18.4 Å². The van der Waals surface area contributed by atoms with E-state index in [-0.39, 0.29) is 33.9 Å². The van der Waals surface area contributed by atoms with E-state index in [0.29, 0.717) is 18.1 Å². The van der Waals surface area contributed by atoms with Crippen LogP contribution in [0.2, 0.25) is 5.02 Å². The zero-order valence-corrected chi connectivity index (χ0v) is 20.7. The number of carbonyl (C=O) groups excluding carboxylic acids is 2. The molecule has 0 spiro atoms. The van der Waals surface area contributed by atoms with Crippen molar-refractivity contribution in [3.05, 3.63) is 58.4 Å². The molecular weight excluding hydrogens is 496 g/mol. The predicted octanol–water partition coefficient (Wildman–Crippen LogP) is 4.17. The van der Waals surface area contributed by atoms with E-state index in [1.54, 1.807) is 6.92 Å². The first-order chi connectivity index (χ1) is 16.6. The van der Waals surface area contributed by atoms with Gasteiger partial charge in [-0.05, 0) is 43.9 Å². The van der Waals surface area contributed by atoms with Gasteiger partial charge in [-0.2, -0.15) is 0 Å². The van der Waals surface area contributed by atoms with Crippen molar-refractivity contribution in [3.8, 4) is 0 Å². The number of pyridine rings is 1. The van der Waals surface area contributed by atoms with Gasteiger partial charge >= 0.3 is 0 Å². The SMILES string of the molecule is CC1C2[C@@]1(C(=O)N1CCCC1)SC(N)=N[C@]2(C)c1cc(NC(=O)c2ccc(Cl)cn2)cc(F)c1F. The van der Waals surface area contributed by atoms with Crippen LogP contribution in [-0.4, -0.2) is 44.7 Å². The smallest absolute Gasteiger partial charge is 0.274 e. The molecule has 2 amide bonds. The van der Waals surface area contributed by atoms with Crippen molar-refractivity contribution in [1.82, 2.24) is 9.88 Å². The molecule has 1 saturated carbocycles. The number of nitrogens with one attached hydrogen (secondary N) is 1. The Hall–Kier alpha value is -2.72. The second-order valence-electron chi connectivity index (χ2n) is 9.39. The third-order valence-electron chi connectivity index (χ3n) is 7.27. The lowest BCUT2D eigenvalue weighted by atomic mass is 9.84. The maximum Gasteiger partial charge on any atom is 0.274 e. The number of amides is 2. The number of thioether (sulfide) groups is 1. The van der Waals surface area contributed by atoms with Crippen LogP contribution < -0.4 is 11.1 Å². The number of anilines is 1. The summed E-state index contributed by atoms with van der Waals surface area (Å²) >= 11 is 7.03. The third-order valence-corrected chi connectivity index (χ3v) is 8.93. The predicted molar refractivity (Wildman–Crippen MR) is 131 cm³/mol. The van der Waals surface area contributed by atoms with E-state index in [4.69, 9.17) is 17.3 Å². The van der Waals surface area contributed by atoms with Gasteiger partial charge in [0.15, 0.2) is 16.8 Å². The maximum atomic E-state index is 15.3. The van der Waals surface area contributed by atoms with E-state index < -0.39 is 33.7 Å². The number of amidine groups is 1. The van der Waals surface area contributed by atoms with Crippen molar-refractivity contribution < 1.29 is 18.4 Å². The zero-order chi connectivity index (χ0) is 25.1. The van der Waals surface area contributed by atoms with Gasteiger partial charge in [-0.25, -0.2) is 13.8 Å². The Labute approximate surface area is 210 Å². The van der Waals surface area contributed by atoms with Crippen molar-refractivity contribution >= 4 is 46.0 Å². The summed E-state index contributed by atoms with van der Waals surface area (Å²) in [6, 6.07) is 5.19. The van der Waals surface area contributed by atoms with Gasteiger partial charge in [-0.3, -0.25) is 14.6 Å². The summed E-state index contributed by atoms with van der Waals surface area (Å²) in [7, 11) is 0. The van der Waals surface area contributed by atoms with Crippen LogP contribution in [0.25, 0.3) is 0 Å². The Morgan fingerprint density at radius 1 is 1.26 bits per heavy atom. The topological polar surface area (TPSA) is 101 Å². The molecule has 1 aromatic carbocycles. The molecule has 3 heterocycles. The van der Waals surface area contributed by atoms with E-state index in [9.17, 15) is 14.0 Å². The summed E-state index contributed by atoms with van der Waals surface area (Å²) < 4.78 is 29.2. The first-order valence-electron chi connectivity index (χ1n) is 11.3. The summed E-state index contributed by atoms with van der Waals surface area (Å²) in [6.07, 6.45) is 3.20. The largest absolute Gasteiger partial charge is 0.378 e. The van der Waals surface area contributed by atoms with Crippen molar-refractivity contribution in [2.45, 2.75) is 37.0 Å². The van der Waals surface area contributed by atoms with Crippen LogP contribution >= 0.6 is 23.4 Å². The number of fused-ring (bicyclic) bond motifs is 1. The highest BCUT2D eigenvalue weighted by Crippen LogP contribution is 2.70. The quantitative estimate of drug-likeness (QED) is 0.631. The van der Waals surface area contributed by atoms with Crippen LogP contribution in [0.5, 0.6) is 0 Å². The zero-order valence-electron chi connectivity index (χ0n) is 19.1. The monoisotopic (exact) mass is 519 g/mol. The highest BCUT2D eigenvalue weighted by Gasteiger charge is 2.76. The van der Waals surface area contributed by atoms with Crippen LogP contribution in [0.4, 0.5) is 14.5 Å². The average Bonchev–Trinajstić information content (AvgIpc) is 3.16. The fourth-order valence-corrected chi connectivity index (χ4v) is 7.31. The fourth-order valence-electron chi connectivity index (χ4n) is 5.59. The van der Waals surface area contributed by atoms with Gasteiger partial charge in [0.05, 0.1) is 10.6 Å². The van der Waals surface area contributed by atoms with Crippen LogP contribution in [0.1, 0.15) is 42.7 Å². The minimum Gasteiger partial charge on any atom is -0.378 e. The molecule has 2 fully saturated rings. The van der Waals surface area contributed by atoms with E-state index in [2.05, 4.69) is 15.3 Å². The molecule has 2 unspecified atom stereocenters. The number of rotatable bonds is 4. The second kappa shape index (κ2) is 8.44. The van der Waals surface area contributed by atoms with Crippen molar-refractivity contribution in [1.29, 1.82) is 0 Å². The third kappa shape index (κ3) is 3.78. The van der Waals surface area contributed by atoms with Crippen molar-refractivity contribution in [2.24, 2.45) is 22.6 Å². The molecule has 35 heavy (non-hydrogen) atoms. The minimum absolute atomic E-state index is 0.0271. The summed E-state index contributed by atoms with van der Waals surface area (Å²) in [5, 5.41) is 3.07. The van der Waals surface area contributed by atoms with Gasteiger partial charge in [0, 0.05) is 42.5 Å². The van der Waals surface area contributed by atoms with Gasteiger partial charge in [-0.1, -0.05) is 30.3 Å². The molecule has 3 aliphatic rings. The minimum atomic E-state index is -1.30. The summed E-state index contributed by atoms with van der Waals surface area (Å²) in [4.78, 5) is 36.5. The number of nitrogens with two attached hydrogens (primary N) is 1. The lowest BCUT2D eigenvalue weighted by Gasteiger charge is -2.35. The van der Waals surface area contributed by atoms with Crippen LogP contribution in [-0.2, 0) is 10.3 Å². The molecule has 0 radical (unpaired) electrons. The Bertz CT molecular complexity index is 1250. The standard InChI is InChI=1S/C24H24ClF2N5O2S/c1-12-19-23(2,31-22(28)35-24(12,19)21(34)32-7-3-4-8-32)15-9-14(10-16(26)18(15)27)30-20(33)17-6-5-13(25)11-29-17/h5-6,9-12,19H,3-4,7-8H2,1-2H3,(H2,28,31)(H,30,33)/t12?,19?,23-,24+/m1/s1. The number of likely N-dealkylation sites (tertiary alicyclic amines) is 1. The van der Waals surface area contributed by atoms with Gasteiger partial charge in [0.2, 0.25) is 5.91 Å². The number of benzene rings is 1. The van der Waals surface area contributed by atoms with Gasteiger partial charge < -0.3 is 16.0 Å². The molecule has 184 valence electrons. The lowest BCUT2D eigenvalue weighted by Crippen LogP contribution is -2.45. The number of nitrogens with zero attached hydrogens (tertiary/aromatic N) is 3. The van der Waals surface area contributed by atoms with E-state index in [0.717, 1.165) is 18.9 Å². The second-order valence-corrected chi connectivity index (χ2v) is 11.1.